The molecule has 0 bridgehead atoms. The van der Waals surface area contributed by atoms with Crippen LogP contribution in [0.5, 0.6) is 0 Å². The quantitative estimate of drug-likeness (QED) is 0.0204. The standard InChI is InChI=1S/C76H123NO13/c1-3-5-7-9-11-13-15-17-19-21-22-23-24-25-26-27-28-29-30-31-32-33-34-35-36-37-38-39-40-41-42-44-46-48-50-52-54-56-58-60-68(81)77-64(65(80)59-57-55-53-51-49-47-45-43-20-18-16-14-12-10-8-6-4-2)63-87-75-73(86)71(84)74(67(62-79)89-75)90-76-72(85)70(83)69(82)66(61-78)88-76/h5,7,11,13,17,19-20,22-23,25-26,28-29,31-32,34-35,37-38,40-41,43,49,51,57,59,64-67,69-76,78-80,82-86H,3-4,6,8-10,12,14-16,18,21,24,27,30,33,36,39,42,44-48,50,52-56,58,60-63H2,1-2H3,(H,77,81)/b7-5-,13-11-,19-17-,23-22-,26-25-,29-28-,32-31-,35-34-,38-37-,41-40-,43-20+,51-49+,59-57+. The second-order valence-corrected chi connectivity index (χ2v) is 23.5. The summed E-state index contributed by atoms with van der Waals surface area (Å²) in [5.41, 5.74) is 0. The number of carbonyl (C=O) groups excluding carboxylic acids is 1. The van der Waals surface area contributed by atoms with E-state index in [0.29, 0.717) is 12.8 Å². The van der Waals surface area contributed by atoms with Gasteiger partial charge in [0, 0.05) is 6.42 Å². The molecule has 9 N–H and O–H groups in total. The van der Waals surface area contributed by atoms with Gasteiger partial charge >= 0.3 is 0 Å². The van der Waals surface area contributed by atoms with E-state index in [0.717, 1.165) is 122 Å². The number of aliphatic hydroxyl groups excluding tert-OH is 8. The van der Waals surface area contributed by atoms with E-state index in [1.165, 1.54) is 64.2 Å². The van der Waals surface area contributed by atoms with Crippen molar-refractivity contribution >= 4 is 5.91 Å². The van der Waals surface area contributed by atoms with Crippen LogP contribution in [0.15, 0.2) is 158 Å². The van der Waals surface area contributed by atoms with Crippen LogP contribution in [0.1, 0.15) is 219 Å². The summed E-state index contributed by atoms with van der Waals surface area (Å²) in [6, 6.07) is -0.954. The highest BCUT2D eigenvalue weighted by molar-refractivity contribution is 5.76. The second kappa shape index (κ2) is 58.4. The maximum Gasteiger partial charge on any atom is 0.220 e. The summed E-state index contributed by atoms with van der Waals surface area (Å²) in [5.74, 6) is -0.269. The van der Waals surface area contributed by atoms with Crippen LogP contribution < -0.4 is 5.32 Å². The van der Waals surface area contributed by atoms with E-state index in [1.807, 2.05) is 6.08 Å². The Morgan fingerprint density at radius 3 is 1.22 bits per heavy atom. The Morgan fingerprint density at radius 2 is 0.778 bits per heavy atom. The van der Waals surface area contributed by atoms with Crippen LogP contribution in [0.3, 0.4) is 0 Å². The lowest BCUT2D eigenvalue weighted by atomic mass is 9.97. The molecule has 2 aliphatic rings. The molecule has 1 amide bonds. The Kier molecular flexibility index (Phi) is 53.0. The first-order chi connectivity index (χ1) is 44.1. The van der Waals surface area contributed by atoms with Crippen molar-refractivity contribution in [3.63, 3.8) is 0 Å². The molecule has 2 saturated heterocycles. The van der Waals surface area contributed by atoms with E-state index in [4.69, 9.17) is 18.9 Å². The van der Waals surface area contributed by atoms with E-state index >= 15 is 0 Å². The number of amides is 1. The normalized spacial score (nSPS) is 23.9. The van der Waals surface area contributed by atoms with Gasteiger partial charge in [0.15, 0.2) is 12.6 Å². The Bertz CT molecular complexity index is 2120. The van der Waals surface area contributed by atoms with Crippen molar-refractivity contribution in [1.82, 2.24) is 5.32 Å². The maximum atomic E-state index is 13.3. The van der Waals surface area contributed by atoms with E-state index in [1.54, 1.807) is 6.08 Å². The summed E-state index contributed by atoms with van der Waals surface area (Å²) in [4.78, 5) is 13.3. The number of rotatable bonds is 54. The van der Waals surface area contributed by atoms with E-state index in [2.05, 4.69) is 165 Å². The van der Waals surface area contributed by atoms with E-state index in [9.17, 15) is 45.6 Å². The molecule has 12 unspecified atom stereocenters. The molecule has 2 aliphatic heterocycles. The van der Waals surface area contributed by atoms with Crippen molar-refractivity contribution in [2.24, 2.45) is 0 Å². The highest BCUT2D eigenvalue weighted by Crippen LogP contribution is 2.30. The van der Waals surface area contributed by atoms with Crippen LogP contribution in [0.4, 0.5) is 0 Å². The van der Waals surface area contributed by atoms with Gasteiger partial charge in [-0.05, 0) is 122 Å². The lowest BCUT2D eigenvalue weighted by Gasteiger charge is -2.46. The van der Waals surface area contributed by atoms with Crippen molar-refractivity contribution in [1.29, 1.82) is 0 Å². The molecule has 0 aromatic carbocycles. The van der Waals surface area contributed by atoms with Crippen LogP contribution in [-0.2, 0) is 23.7 Å². The molecular weight excluding hydrogens is 1130 g/mol. The third kappa shape index (κ3) is 42.0. The molecule has 2 fully saturated rings. The van der Waals surface area contributed by atoms with Gasteiger partial charge in [0.1, 0.15) is 48.8 Å². The zero-order valence-corrected chi connectivity index (χ0v) is 55.3. The summed E-state index contributed by atoms with van der Waals surface area (Å²) in [5, 5.41) is 87.3. The fraction of sp³-hybridized carbons (Fsp3) is 0.645. The van der Waals surface area contributed by atoms with Crippen molar-refractivity contribution in [3.8, 4) is 0 Å². The van der Waals surface area contributed by atoms with Gasteiger partial charge in [0.05, 0.1) is 32.0 Å². The number of hydrogen-bond acceptors (Lipinski definition) is 13. The highest BCUT2D eigenvalue weighted by atomic mass is 16.7. The fourth-order valence-electron chi connectivity index (χ4n) is 10.2. The number of ether oxygens (including phenoxy) is 4. The van der Waals surface area contributed by atoms with Crippen LogP contribution in [0.25, 0.3) is 0 Å². The monoisotopic (exact) mass is 1260 g/mol. The van der Waals surface area contributed by atoms with E-state index < -0.39 is 86.8 Å². The van der Waals surface area contributed by atoms with E-state index in [-0.39, 0.29) is 18.9 Å². The highest BCUT2D eigenvalue weighted by Gasteiger charge is 2.51. The summed E-state index contributed by atoms with van der Waals surface area (Å²) < 4.78 is 22.8. The predicted octanol–water partition coefficient (Wildman–Crippen LogP) is 14.2. The molecule has 90 heavy (non-hydrogen) atoms. The predicted molar refractivity (Wildman–Crippen MR) is 368 cm³/mol. The number of allylic oxidation sites excluding steroid dienone is 25. The molecule has 0 aromatic rings. The molecule has 12 atom stereocenters. The lowest BCUT2D eigenvalue weighted by Crippen LogP contribution is -2.65. The molecule has 2 rings (SSSR count). The summed E-state index contributed by atoms with van der Waals surface area (Å²) >= 11 is 0. The molecule has 0 radical (unpaired) electrons. The number of aliphatic hydroxyl groups is 8. The van der Waals surface area contributed by atoms with Crippen LogP contribution in [-0.4, -0.2) is 140 Å². The average molecular weight is 1260 g/mol. The number of nitrogens with one attached hydrogen (secondary N) is 1. The van der Waals surface area contributed by atoms with Gasteiger partial charge < -0.3 is 65.1 Å². The Labute approximate surface area is 544 Å². The van der Waals surface area contributed by atoms with Gasteiger partial charge in [0.25, 0.3) is 0 Å². The Hall–Kier alpha value is -4.39. The van der Waals surface area contributed by atoms with Gasteiger partial charge in [0.2, 0.25) is 5.91 Å². The fourth-order valence-corrected chi connectivity index (χ4v) is 10.2. The number of unbranched alkanes of at least 4 members (excludes halogenated alkanes) is 17. The van der Waals surface area contributed by atoms with Gasteiger partial charge in [-0.1, -0.05) is 249 Å². The molecule has 0 aliphatic carbocycles. The first-order valence-corrected chi connectivity index (χ1v) is 34.7. The van der Waals surface area contributed by atoms with Crippen molar-refractivity contribution in [2.75, 3.05) is 19.8 Å². The molecule has 0 spiro atoms. The maximum absolute atomic E-state index is 13.3. The van der Waals surface area contributed by atoms with Crippen LogP contribution in [0, 0.1) is 0 Å². The third-order valence-electron chi connectivity index (χ3n) is 15.7. The van der Waals surface area contributed by atoms with Gasteiger partial charge in [-0.2, -0.15) is 0 Å². The largest absolute Gasteiger partial charge is 0.394 e. The minimum atomic E-state index is -1.80. The first-order valence-electron chi connectivity index (χ1n) is 34.7. The number of carbonyl (C=O) groups is 1. The Balaban J connectivity index is 1.67. The van der Waals surface area contributed by atoms with Gasteiger partial charge in [-0.3, -0.25) is 4.79 Å². The summed E-state index contributed by atoms with van der Waals surface area (Å²) in [6.07, 6.45) is 72.9. The summed E-state index contributed by atoms with van der Waals surface area (Å²) in [7, 11) is 0. The summed E-state index contributed by atoms with van der Waals surface area (Å²) in [6.45, 7) is 2.63. The van der Waals surface area contributed by atoms with Crippen molar-refractivity contribution < 1.29 is 64.6 Å². The molecule has 0 aromatic heterocycles. The second-order valence-electron chi connectivity index (χ2n) is 23.5. The molecule has 510 valence electrons. The topological polar surface area (TPSA) is 228 Å². The molecular formula is C76H123NO13. The van der Waals surface area contributed by atoms with Gasteiger partial charge in [-0.25, -0.2) is 0 Å². The molecule has 14 nitrogen and oxygen atoms in total. The zero-order chi connectivity index (χ0) is 65.2. The SMILES string of the molecule is CC/C=C\C/C=C\C/C=C\C/C=C\C/C=C\C/C=C\C/C=C\C/C=C\C/C=C\C/C=C\CCCCCCCCCCC(=O)NC(COC1OC(CO)C(OC2OC(CO)C(O)C(O)C2O)C(O)C1O)C(O)/C=C/CC/C=C/CC/C=C/CCCCCCCCC. The smallest absolute Gasteiger partial charge is 0.220 e. The minimum Gasteiger partial charge on any atom is -0.394 e. The first kappa shape index (κ1) is 81.7. The average Bonchev–Trinajstić information content (AvgIpc) is 1.04. The van der Waals surface area contributed by atoms with Gasteiger partial charge in [-0.15, -0.1) is 0 Å². The molecule has 0 saturated carbocycles. The minimum absolute atomic E-state index is 0.250. The third-order valence-corrected chi connectivity index (χ3v) is 15.7. The Morgan fingerprint density at radius 1 is 0.411 bits per heavy atom. The van der Waals surface area contributed by atoms with Crippen molar-refractivity contribution in [2.45, 2.75) is 293 Å². The molecule has 14 heteroatoms. The lowest BCUT2D eigenvalue weighted by molar-refractivity contribution is -0.359. The zero-order valence-electron chi connectivity index (χ0n) is 55.3. The van der Waals surface area contributed by atoms with Crippen LogP contribution >= 0.6 is 0 Å². The number of hydrogen-bond donors (Lipinski definition) is 9. The molecule has 2 heterocycles. The van der Waals surface area contributed by atoms with Crippen LogP contribution in [0.2, 0.25) is 0 Å². The van der Waals surface area contributed by atoms with Crippen molar-refractivity contribution in [3.05, 3.63) is 158 Å².